The summed E-state index contributed by atoms with van der Waals surface area (Å²) in [6.45, 7) is 1.54. The molecule has 3 heterocycles. The van der Waals surface area contributed by atoms with Crippen molar-refractivity contribution >= 4 is 5.91 Å². The minimum Gasteiger partial charge on any atom is -0.367 e. The molecule has 8 heteroatoms. The first-order valence-electron chi connectivity index (χ1n) is 8.29. The van der Waals surface area contributed by atoms with Gasteiger partial charge in [-0.15, -0.1) is 0 Å². The van der Waals surface area contributed by atoms with Gasteiger partial charge in [0.15, 0.2) is 5.82 Å². The number of amides is 1. The van der Waals surface area contributed by atoms with Crippen LogP contribution in [0.5, 0.6) is 0 Å². The Kier molecular flexibility index (Phi) is 4.20. The van der Waals surface area contributed by atoms with Crippen LogP contribution in [0.2, 0.25) is 0 Å². The van der Waals surface area contributed by atoms with Gasteiger partial charge in [-0.2, -0.15) is 4.98 Å². The molecule has 1 saturated heterocycles. The lowest BCUT2D eigenvalue weighted by Gasteiger charge is -2.32. The second-order valence-electron chi connectivity index (χ2n) is 6.24. The molecule has 0 radical (unpaired) electrons. The minimum atomic E-state index is -0.106. The maximum absolute atomic E-state index is 12.4. The van der Waals surface area contributed by atoms with E-state index in [0.29, 0.717) is 30.6 Å². The van der Waals surface area contributed by atoms with Crippen LogP contribution >= 0.6 is 0 Å². The van der Waals surface area contributed by atoms with Crippen LogP contribution < -0.4 is 0 Å². The third-order valence-corrected chi connectivity index (χ3v) is 4.32. The Morgan fingerprint density at radius 2 is 2.25 bits per heavy atom. The van der Waals surface area contributed by atoms with E-state index < -0.39 is 0 Å². The van der Waals surface area contributed by atoms with Crippen molar-refractivity contribution < 1.29 is 14.1 Å². The lowest BCUT2D eigenvalue weighted by Crippen LogP contribution is -2.43. The maximum atomic E-state index is 12.4. The molecule has 2 fully saturated rings. The summed E-state index contributed by atoms with van der Waals surface area (Å²) in [5.74, 6) is 1.66. The average molecular weight is 329 g/mol. The summed E-state index contributed by atoms with van der Waals surface area (Å²) in [4.78, 5) is 26.6. The summed E-state index contributed by atoms with van der Waals surface area (Å²) in [6, 6.07) is 0. The highest BCUT2D eigenvalue weighted by atomic mass is 16.5. The highest BCUT2D eigenvalue weighted by Crippen LogP contribution is 2.38. The number of aromatic nitrogens is 4. The van der Waals surface area contributed by atoms with Gasteiger partial charge in [0.2, 0.25) is 0 Å². The summed E-state index contributed by atoms with van der Waals surface area (Å²) >= 11 is 0. The molecular formula is C16H19N5O3. The van der Waals surface area contributed by atoms with Gasteiger partial charge in [0.1, 0.15) is 12.3 Å². The number of carbonyl (C=O) groups is 1. The number of hydrogen-bond donors (Lipinski definition) is 0. The molecule has 1 unspecified atom stereocenters. The Labute approximate surface area is 139 Å². The Morgan fingerprint density at radius 1 is 1.33 bits per heavy atom. The van der Waals surface area contributed by atoms with Gasteiger partial charge in [0.05, 0.1) is 12.3 Å². The zero-order valence-corrected chi connectivity index (χ0v) is 13.3. The van der Waals surface area contributed by atoms with Crippen LogP contribution in [-0.4, -0.2) is 50.1 Å². The molecule has 1 amide bonds. The molecule has 126 valence electrons. The molecule has 4 rings (SSSR count). The van der Waals surface area contributed by atoms with Crippen LogP contribution in [0.25, 0.3) is 0 Å². The summed E-state index contributed by atoms with van der Waals surface area (Å²) in [5, 5.41) is 3.98. The standard InChI is InChI=1S/C16H19N5O3/c22-16(13-8-17-5-6-18-13)21-7-1-2-12(9-21)23-10-14-19-15(20-24-14)11-3-4-11/h5-6,8,11-12H,1-4,7,9-10H2. The predicted octanol–water partition coefficient (Wildman–Crippen LogP) is 1.56. The fourth-order valence-electron chi connectivity index (χ4n) is 2.85. The fourth-order valence-corrected chi connectivity index (χ4v) is 2.85. The maximum Gasteiger partial charge on any atom is 0.274 e. The molecule has 2 aromatic heterocycles. The molecular weight excluding hydrogens is 310 g/mol. The lowest BCUT2D eigenvalue weighted by molar-refractivity contribution is -0.0155. The highest BCUT2D eigenvalue weighted by molar-refractivity contribution is 5.92. The molecule has 8 nitrogen and oxygen atoms in total. The van der Waals surface area contributed by atoms with E-state index in [0.717, 1.165) is 31.5 Å². The summed E-state index contributed by atoms with van der Waals surface area (Å²) in [6.07, 6.45) is 8.63. The van der Waals surface area contributed by atoms with E-state index in [9.17, 15) is 4.79 Å². The van der Waals surface area contributed by atoms with E-state index in [1.165, 1.54) is 12.4 Å². The van der Waals surface area contributed by atoms with E-state index in [2.05, 4.69) is 20.1 Å². The summed E-state index contributed by atoms with van der Waals surface area (Å²) < 4.78 is 11.1. The second-order valence-corrected chi connectivity index (χ2v) is 6.24. The first kappa shape index (κ1) is 15.2. The molecule has 1 aliphatic carbocycles. The first-order chi connectivity index (χ1) is 11.8. The lowest BCUT2D eigenvalue weighted by atomic mass is 10.1. The Morgan fingerprint density at radius 3 is 3.04 bits per heavy atom. The number of rotatable bonds is 5. The molecule has 0 N–H and O–H groups in total. The number of nitrogens with zero attached hydrogens (tertiary/aromatic N) is 5. The molecule has 1 aliphatic heterocycles. The summed E-state index contributed by atoms with van der Waals surface area (Å²) in [5.41, 5.74) is 0.365. The van der Waals surface area contributed by atoms with Crippen molar-refractivity contribution in [1.29, 1.82) is 0 Å². The number of carbonyl (C=O) groups excluding carboxylic acids is 1. The van der Waals surface area contributed by atoms with Crippen molar-refractivity contribution in [2.75, 3.05) is 13.1 Å². The van der Waals surface area contributed by atoms with Gasteiger partial charge in [-0.05, 0) is 25.7 Å². The average Bonchev–Trinajstić information content (AvgIpc) is 3.39. The van der Waals surface area contributed by atoms with E-state index in [-0.39, 0.29) is 18.6 Å². The first-order valence-corrected chi connectivity index (χ1v) is 8.29. The Hall–Kier alpha value is -2.35. The van der Waals surface area contributed by atoms with Crippen molar-refractivity contribution in [3.8, 4) is 0 Å². The van der Waals surface area contributed by atoms with Crippen molar-refractivity contribution in [2.24, 2.45) is 0 Å². The SMILES string of the molecule is O=C(c1cnccn1)N1CCCC(OCc2nc(C3CC3)no2)C1. The minimum absolute atomic E-state index is 0.0318. The topological polar surface area (TPSA) is 94.2 Å². The van der Waals surface area contributed by atoms with Gasteiger partial charge in [-0.25, -0.2) is 4.98 Å². The van der Waals surface area contributed by atoms with Crippen LogP contribution in [0, 0.1) is 0 Å². The van der Waals surface area contributed by atoms with Crippen molar-refractivity contribution in [3.63, 3.8) is 0 Å². The van der Waals surface area contributed by atoms with Gasteiger partial charge in [0.25, 0.3) is 11.8 Å². The third kappa shape index (κ3) is 3.43. The number of ether oxygens (including phenoxy) is 1. The third-order valence-electron chi connectivity index (χ3n) is 4.32. The molecule has 0 spiro atoms. The van der Waals surface area contributed by atoms with Gasteiger partial charge in [-0.3, -0.25) is 9.78 Å². The zero-order chi connectivity index (χ0) is 16.4. The monoisotopic (exact) mass is 329 g/mol. The highest BCUT2D eigenvalue weighted by Gasteiger charge is 2.29. The molecule has 24 heavy (non-hydrogen) atoms. The number of hydrogen-bond acceptors (Lipinski definition) is 7. The quantitative estimate of drug-likeness (QED) is 0.821. The van der Waals surface area contributed by atoms with E-state index in [4.69, 9.17) is 9.26 Å². The molecule has 2 aromatic rings. The van der Waals surface area contributed by atoms with Gasteiger partial charge < -0.3 is 14.2 Å². The zero-order valence-electron chi connectivity index (χ0n) is 13.3. The van der Waals surface area contributed by atoms with Crippen LogP contribution in [-0.2, 0) is 11.3 Å². The summed E-state index contributed by atoms with van der Waals surface area (Å²) in [7, 11) is 0. The van der Waals surface area contributed by atoms with Crippen molar-refractivity contribution in [3.05, 3.63) is 36.0 Å². The van der Waals surface area contributed by atoms with Crippen molar-refractivity contribution in [2.45, 2.75) is 44.3 Å². The van der Waals surface area contributed by atoms with Crippen LogP contribution in [0.3, 0.4) is 0 Å². The van der Waals surface area contributed by atoms with Gasteiger partial charge in [-0.1, -0.05) is 5.16 Å². The Bertz CT molecular complexity index is 701. The predicted molar refractivity (Wildman–Crippen MR) is 82.0 cm³/mol. The van der Waals surface area contributed by atoms with E-state index in [1.807, 2.05) is 0 Å². The van der Waals surface area contributed by atoms with Crippen LogP contribution in [0.4, 0.5) is 0 Å². The van der Waals surface area contributed by atoms with Crippen LogP contribution in [0.1, 0.15) is 53.8 Å². The fraction of sp³-hybridized carbons (Fsp3) is 0.562. The van der Waals surface area contributed by atoms with Crippen molar-refractivity contribution in [1.82, 2.24) is 25.0 Å². The Balaban J connectivity index is 1.32. The second kappa shape index (κ2) is 6.64. The normalized spacial score (nSPS) is 21.0. The largest absolute Gasteiger partial charge is 0.367 e. The van der Waals surface area contributed by atoms with E-state index >= 15 is 0 Å². The van der Waals surface area contributed by atoms with Gasteiger partial charge in [0, 0.05) is 31.4 Å². The molecule has 1 atom stereocenters. The smallest absolute Gasteiger partial charge is 0.274 e. The van der Waals surface area contributed by atoms with E-state index in [1.54, 1.807) is 11.1 Å². The van der Waals surface area contributed by atoms with Crippen LogP contribution in [0.15, 0.2) is 23.1 Å². The van der Waals surface area contributed by atoms with Gasteiger partial charge >= 0.3 is 0 Å². The molecule has 0 bridgehead atoms. The number of likely N-dealkylation sites (tertiary alicyclic amines) is 1. The molecule has 2 aliphatic rings. The molecule has 1 saturated carbocycles. The molecule has 0 aromatic carbocycles. The number of piperidine rings is 1.